The number of furan rings is 1. The summed E-state index contributed by atoms with van der Waals surface area (Å²) in [5, 5.41) is 9.99. The number of thioether (sulfide) groups is 1. The average Bonchev–Trinajstić information content (AvgIpc) is 3.26. The Morgan fingerprint density at radius 1 is 1.15 bits per heavy atom. The molecule has 0 spiro atoms. The molecule has 27 heavy (non-hydrogen) atoms. The first-order chi connectivity index (χ1) is 13.2. The van der Waals surface area contributed by atoms with Crippen LogP contribution in [0.15, 0.2) is 52.0 Å². The minimum Gasteiger partial charge on any atom is -0.465 e. The Morgan fingerprint density at radius 2 is 2.00 bits per heavy atom. The number of hydrogen-bond acceptors (Lipinski definition) is 5. The number of nitrogens with zero attached hydrogens (tertiary/aromatic N) is 4. The maximum absolute atomic E-state index is 5.75. The van der Waals surface area contributed by atoms with Gasteiger partial charge in [0.15, 0.2) is 5.16 Å². The second-order valence-corrected chi connectivity index (χ2v) is 8.20. The largest absolute Gasteiger partial charge is 0.465 e. The first-order valence-electron chi connectivity index (χ1n) is 9.53. The van der Waals surface area contributed by atoms with Gasteiger partial charge in [0.1, 0.15) is 17.3 Å². The zero-order chi connectivity index (χ0) is 18.6. The van der Waals surface area contributed by atoms with Crippen molar-refractivity contribution in [1.29, 1.82) is 0 Å². The van der Waals surface area contributed by atoms with Gasteiger partial charge in [-0.25, -0.2) is 0 Å². The van der Waals surface area contributed by atoms with Gasteiger partial charge in [-0.15, -0.1) is 10.2 Å². The third-order valence-electron chi connectivity index (χ3n) is 5.13. The minimum atomic E-state index is 0.429. The van der Waals surface area contributed by atoms with Crippen LogP contribution in [0.5, 0.6) is 0 Å². The quantitative estimate of drug-likeness (QED) is 0.592. The molecular formula is C21H26N4OS. The summed E-state index contributed by atoms with van der Waals surface area (Å²) < 4.78 is 7.93. The number of benzene rings is 1. The maximum Gasteiger partial charge on any atom is 0.191 e. The summed E-state index contributed by atoms with van der Waals surface area (Å²) in [5.41, 5.74) is 1.31. The molecule has 1 aliphatic heterocycles. The summed E-state index contributed by atoms with van der Waals surface area (Å²) in [4.78, 5) is 2.47. The summed E-state index contributed by atoms with van der Waals surface area (Å²) in [7, 11) is 2.09. The molecule has 4 rings (SSSR count). The number of likely N-dealkylation sites (tertiary alicyclic amines) is 1. The van der Waals surface area contributed by atoms with E-state index < -0.39 is 0 Å². The Morgan fingerprint density at radius 3 is 2.78 bits per heavy atom. The lowest BCUT2D eigenvalue weighted by Gasteiger charge is -2.31. The summed E-state index contributed by atoms with van der Waals surface area (Å²) in [6.07, 6.45) is 2.35. The number of piperidine rings is 1. The van der Waals surface area contributed by atoms with Gasteiger partial charge >= 0.3 is 0 Å². The van der Waals surface area contributed by atoms with Crippen LogP contribution in [0.2, 0.25) is 0 Å². The minimum absolute atomic E-state index is 0.429. The van der Waals surface area contributed by atoms with Crippen LogP contribution < -0.4 is 0 Å². The fourth-order valence-corrected chi connectivity index (χ4v) is 4.60. The molecule has 2 aromatic heterocycles. The number of rotatable bonds is 6. The van der Waals surface area contributed by atoms with Crippen molar-refractivity contribution in [3.8, 4) is 0 Å². The van der Waals surface area contributed by atoms with Gasteiger partial charge < -0.3 is 8.98 Å². The van der Waals surface area contributed by atoms with Gasteiger partial charge in [0, 0.05) is 25.3 Å². The first kappa shape index (κ1) is 18.3. The lowest BCUT2D eigenvalue weighted by molar-refractivity contribution is 0.181. The standard InChI is InChI=1S/C21H26N4OS/c1-16-10-11-19(26-16)14-25-12-6-9-18(13-25)20-22-23-21(24(20)2)27-15-17-7-4-3-5-8-17/h3-5,7-8,10-11,18H,6,9,12-15H2,1-2H3/t18-/m1/s1. The van der Waals surface area contributed by atoms with Gasteiger partial charge in [0.05, 0.1) is 6.54 Å². The number of aryl methyl sites for hydroxylation is 1. The molecule has 0 radical (unpaired) electrons. The predicted octanol–water partition coefficient (Wildman–Crippen LogP) is 4.39. The SMILES string of the molecule is Cc1ccc(CN2CCC[C@@H](c3nnc(SCc4ccccc4)n3C)C2)o1. The molecule has 3 aromatic rings. The van der Waals surface area contributed by atoms with Crippen LogP contribution in [0.25, 0.3) is 0 Å². The van der Waals surface area contributed by atoms with Crippen molar-refractivity contribution in [2.75, 3.05) is 13.1 Å². The Labute approximate surface area is 164 Å². The van der Waals surface area contributed by atoms with Gasteiger partial charge in [-0.05, 0) is 44.0 Å². The molecule has 0 aliphatic carbocycles. The molecule has 0 saturated carbocycles. The van der Waals surface area contributed by atoms with E-state index in [1.54, 1.807) is 11.8 Å². The molecule has 1 atom stereocenters. The lowest BCUT2D eigenvalue weighted by atomic mass is 9.97. The van der Waals surface area contributed by atoms with Crippen molar-refractivity contribution in [1.82, 2.24) is 19.7 Å². The molecule has 0 amide bonds. The van der Waals surface area contributed by atoms with Crippen molar-refractivity contribution in [3.63, 3.8) is 0 Å². The van der Waals surface area contributed by atoms with E-state index in [4.69, 9.17) is 4.42 Å². The van der Waals surface area contributed by atoms with Crippen LogP contribution in [0.3, 0.4) is 0 Å². The highest BCUT2D eigenvalue weighted by atomic mass is 32.2. The monoisotopic (exact) mass is 382 g/mol. The third-order valence-corrected chi connectivity index (χ3v) is 6.22. The Balaban J connectivity index is 1.39. The van der Waals surface area contributed by atoms with Crippen LogP contribution in [-0.2, 0) is 19.3 Å². The molecule has 6 heteroatoms. The molecule has 142 valence electrons. The first-order valence-corrected chi connectivity index (χ1v) is 10.5. The normalized spacial score (nSPS) is 18.1. The van der Waals surface area contributed by atoms with Crippen LogP contribution >= 0.6 is 11.8 Å². The molecule has 1 aliphatic rings. The molecule has 0 unspecified atom stereocenters. The fourth-order valence-electron chi connectivity index (χ4n) is 3.73. The van der Waals surface area contributed by atoms with Crippen LogP contribution in [0, 0.1) is 6.92 Å². The number of hydrogen-bond donors (Lipinski definition) is 0. The zero-order valence-corrected chi connectivity index (χ0v) is 16.8. The Bertz CT molecular complexity index is 873. The van der Waals surface area contributed by atoms with Crippen LogP contribution in [-0.4, -0.2) is 32.8 Å². The van der Waals surface area contributed by atoms with Gasteiger partial charge in [-0.3, -0.25) is 4.90 Å². The van der Waals surface area contributed by atoms with Crippen molar-refractivity contribution >= 4 is 11.8 Å². The highest BCUT2D eigenvalue weighted by Crippen LogP contribution is 2.29. The summed E-state index contributed by atoms with van der Waals surface area (Å²) >= 11 is 1.75. The summed E-state index contributed by atoms with van der Waals surface area (Å²) in [6.45, 7) is 4.99. The van der Waals surface area contributed by atoms with E-state index in [1.807, 2.05) is 19.1 Å². The van der Waals surface area contributed by atoms with E-state index in [2.05, 4.69) is 57.0 Å². The number of aromatic nitrogens is 3. The van der Waals surface area contributed by atoms with Crippen LogP contribution in [0.4, 0.5) is 0 Å². The predicted molar refractivity (Wildman–Crippen MR) is 108 cm³/mol. The average molecular weight is 383 g/mol. The highest BCUT2D eigenvalue weighted by Gasteiger charge is 2.26. The Kier molecular flexibility index (Phi) is 5.64. The van der Waals surface area contributed by atoms with Gasteiger partial charge in [0.2, 0.25) is 0 Å². The topological polar surface area (TPSA) is 47.1 Å². The summed E-state index contributed by atoms with van der Waals surface area (Å²) in [5.74, 6) is 4.47. The molecule has 3 heterocycles. The Hall–Kier alpha value is -2.05. The van der Waals surface area contributed by atoms with E-state index >= 15 is 0 Å². The summed E-state index contributed by atoms with van der Waals surface area (Å²) in [6, 6.07) is 14.6. The smallest absolute Gasteiger partial charge is 0.191 e. The lowest BCUT2D eigenvalue weighted by Crippen LogP contribution is -2.34. The van der Waals surface area contributed by atoms with Crippen LogP contribution in [0.1, 0.15) is 41.7 Å². The second-order valence-electron chi connectivity index (χ2n) is 7.26. The van der Waals surface area contributed by atoms with Gasteiger partial charge in [0.25, 0.3) is 0 Å². The molecule has 1 fully saturated rings. The molecular weight excluding hydrogens is 356 g/mol. The van der Waals surface area contributed by atoms with E-state index in [0.29, 0.717) is 5.92 Å². The van der Waals surface area contributed by atoms with Crippen molar-refractivity contribution in [3.05, 3.63) is 65.4 Å². The fraction of sp³-hybridized carbons (Fsp3) is 0.429. The van der Waals surface area contributed by atoms with Gasteiger partial charge in [-0.2, -0.15) is 0 Å². The maximum atomic E-state index is 5.75. The van der Waals surface area contributed by atoms with Crippen molar-refractivity contribution in [2.45, 2.75) is 43.1 Å². The van der Waals surface area contributed by atoms with E-state index in [1.165, 1.54) is 18.4 Å². The zero-order valence-electron chi connectivity index (χ0n) is 16.0. The molecule has 5 nitrogen and oxygen atoms in total. The molecule has 0 N–H and O–H groups in total. The van der Waals surface area contributed by atoms with E-state index in [9.17, 15) is 0 Å². The van der Waals surface area contributed by atoms with Crippen molar-refractivity contribution < 1.29 is 4.42 Å². The molecule has 1 saturated heterocycles. The van der Waals surface area contributed by atoms with Crippen molar-refractivity contribution in [2.24, 2.45) is 7.05 Å². The second kappa shape index (κ2) is 8.31. The third kappa shape index (κ3) is 4.45. The molecule has 0 bridgehead atoms. The van der Waals surface area contributed by atoms with Gasteiger partial charge in [-0.1, -0.05) is 42.1 Å². The highest BCUT2D eigenvalue weighted by molar-refractivity contribution is 7.98. The van der Waals surface area contributed by atoms with E-state index in [0.717, 1.165) is 47.9 Å². The van der Waals surface area contributed by atoms with E-state index in [-0.39, 0.29) is 0 Å². The molecule has 1 aromatic carbocycles.